The van der Waals surface area contributed by atoms with Crippen LogP contribution in [0.2, 0.25) is 0 Å². The molecule has 1 aliphatic rings. The van der Waals surface area contributed by atoms with E-state index in [0.717, 1.165) is 12.8 Å². The lowest BCUT2D eigenvalue weighted by molar-refractivity contribution is -0.115. The van der Waals surface area contributed by atoms with Crippen LogP contribution in [0, 0.1) is 5.92 Å². The van der Waals surface area contributed by atoms with E-state index in [1.165, 1.54) is 19.3 Å². The van der Waals surface area contributed by atoms with E-state index in [0.29, 0.717) is 0 Å². The molecule has 60 valence electrons. The molecule has 0 aliphatic heterocycles. The first-order valence-electron chi connectivity index (χ1n) is 3.50. The van der Waals surface area contributed by atoms with Gasteiger partial charge in [-0.1, -0.05) is 19.3 Å². The summed E-state index contributed by atoms with van der Waals surface area (Å²) in [6, 6.07) is 0. The highest BCUT2D eigenvalue weighted by atomic mass is 35.5. The van der Waals surface area contributed by atoms with E-state index in [4.69, 9.17) is 11.6 Å². The molecule has 1 aliphatic carbocycles. The van der Waals surface area contributed by atoms with Crippen molar-refractivity contribution in [3.8, 4) is 0 Å². The van der Waals surface area contributed by atoms with Gasteiger partial charge in [0, 0.05) is 5.92 Å². The van der Waals surface area contributed by atoms with E-state index in [1.807, 2.05) is 0 Å². The molecule has 1 nitrogen and oxygen atoms in total. The summed E-state index contributed by atoms with van der Waals surface area (Å²) in [6.07, 6.45) is 5.68. The summed E-state index contributed by atoms with van der Waals surface area (Å²) in [7, 11) is 0. The van der Waals surface area contributed by atoms with Gasteiger partial charge in [-0.25, -0.2) is 0 Å². The zero-order chi connectivity index (χ0) is 6.69. The van der Waals surface area contributed by atoms with Gasteiger partial charge in [0.2, 0.25) is 5.24 Å². The summed E-state index contributed by atoms with van der Waals surface area (Å²) in [5.74, 6) is 0.181. The van der Waals surface area contributed by atoms with Crippen molar-refractivity contribution in [2.75, 3.05) is 0 Å². The summed E-state index contributed by atoms with van der Waals surface area (Å²) < 4.78 is 0. The molecule has 0 saturated heterocycles. The molecule has 0 radical (unpaired) electrons. The van der Waals surface area contributed by atoms with Crippen molar-refractivity contribution in [3.05, 3.63) is 0 Å². The van der Waals surface area contributed by atoms with Crippen molar-refractivity contribution in [1.82, 2.24) is 0 Å². The Labute approximate surface area is 72.5 Å². The van der Waals surface area contributed by atoms with Crippen LogP contribution in [0.5, 0.6) is 0 Å². The molecule has 0 amide bonds. The zero-order valence-electron chi connectivity index (χ0n) is 5.81. The average Bonchev–Trinajstić information content (AvgIpc) is 1.90. The van der Waals surface area contributed by atoms with Crippen molar-refractivity contribution in [3.63, 3.8) is 0 Å². The van der Waals surface area contributed by atoms with E-state index in [2.05, 4.69) is 0 Å². The molecule has 0 heterocycles. The molecular weight excluding hydrogens is 171 g/mol. The van der Waals surface area contributed by atoms with Gasteiger partial charge in [-0.3, -0.25) is 4.79 Å². The predicted molar refractivity (Wildman–Crippen MR) is 44.7 cm³/mol. The molecule has 0 atom stereocenters. The van der Waals surface area contributed by atoms with Crippen molar-refractivity contribution in [1.29, 1.82) is 0 Å². The maximum Gasteiger partial charge on any atom is 0.224 e. The molecular formula is C7H12Cl2O. The fourth-order valence-electron chi connectivity index (χ4n) is 1.33. The van der Waals surface area contributed by atoms with E-state index in [-0.39, 0.29) is 23.6 Å². The zero-order valence-corrected chi connectivity index (χ0v) is 7.38. The van der Waals surface area contributed by atoms with Gasteiger partial charge in [0.1, 0.15) is 0 Å². The van der Waals surface area contributed by atoms with Gasteiger partial charge < -0.3 is 0 Å². The van der Waals surface area contributed by atoms with Crippen LogP contribution in [-0.2, 0) is 4.79 Å². The molecule has 10 heavy (non-hydrogen) atoms. The molecule has 1 saturated carbocycles. The van der Waals surface area contributed by atoms with Gasteiger partial charge in [-0.2, -0.15) is 0 Å². The summed E-state index contributed by atoms with van der Waals surface area (Å²) in [6.45, 7) is 0. The largest absolute Gasteiger partial charge is 0.281 e. The number of carbonyl (C=O) groups is 1. The van der Waals surface area contributed by atoms with E-state index in [1.54, 1.807) is 0 Å². The Morgan fingerprint density at radius 3 is 2.00 bits per heavy atom. The second-order valence-electron chi connectivity index (χ2n) is 2.64. The summed E-state index contributed by atoms with van der Waals surface area (Å²) >= 11 is 5.32. The van der Waals surface area contributed by atoms with Crippen LogP contribution in [0.1, 0.15) is 32.1 Å². The van der Waals surface area contributed by atoms with E-state index >= 15 is 0 Å². The van der Waals surface area contributed by atoms with Crippen LogP contribution < -0.4 is 0 Å². The minimum Gasteiger partial charge on any atom is -0.281 e. The van der Waals surface area contributed by atoms with Crippen LogP contribution in [0.25, 0.3) is 0 Å². The predicted octanol–water partition coefficient (Wildman–Crippen LogP) is 2.75. The second kappa shape index (κ2) is 4.97. The second-order valence-corrected chi connectivity index (χ2v) is 3.01. The highest BCUT2D eigenvalue weighted by Gasteiger charge is 2.18. The van der Waals surface area contributed by atoms with Crippen LogP contribution in [0.4, 0.5) is 0 Å². The maximum absolute atomic E-state index is 10.6. The Bertz CT molecular complexity index is 108. The first-order chi connectivity index (χ1) is 4.30. The Hall–Kier alpha value is 0.250. The molecule has 0 aromatic carbocycles. The molecule has 0 aromatic heterocycles. The van der Waals surface area contributed by atoms with Gasteiger partial charge in [0.25, 0.3) is 0 Å². The lowest BCUT2D eigenvalue weighted by Crippen LogP contribution is -2.12. The lowest BCUT2D eigenvalue weighted by atomic mass is 9.90. The van der Waals surface area contributed by atoms with Crippen molar-refractivity contribution in [2.45, 2.75) is 32.1 Å². The number of halogens is 2. The third kappa shape index (κ3) is 2.89. The number of carbonyl (C=O) groups excluding carboxylic acids is 1. The quantitative estimate of drug-likeness (QED) is 0.571. The van der Waals surface area contributed by atoms with Crippen LogP contribution in [-0.4, -0.2) is 5.24 Å². The fourth-order valence-corrected chi connectivity index (χ4v) is 1.55. The molecule has 0 spiro atoms. The molecule has 3 heteroatoms. The van der Waals surface area contributed by atoms with Crippen molar-refractivity contribution >= 4 is 29.3 Å². The first-order valence-corrected chi connectivity index (χ1v) is 3.88. The molecule has 0 aromatic rings. The lowest BCUT2D eigenvalue weighted by Gasteiger charge is -2.16. The third-order valence-electron chi connectivity index (χ3n) is 1.93. The van der Waals surface area contributed by atoms with Crippen LogP contribution >= 0.6 is 24.0 Å². The molecule has 1 fully saturated rings. The van der Waals surface area contributed by atoms with Crippen LogP contribution in [0.15, 0.2) is 0 Å². The minimum absolute atomic E-state index is 0. The summed E-state index contributed by atoms with van der Waals surface area (Å²) in [5.41, 5.74) is 0. The molecule has 0 unspecified atom stereocenters. The highest BCUT2D eigenvalue weighted by molar-refractivity contribution is 6.63. The Morgan fingerprint density at radius 2 is 1.70 bits per heavy atom. The number of rotatable bonds is 1. The van der Waals surface area contributed by atoms with Gasteiger partial charge in [0.05, 0.1) is 0 Å². The fraction of sp³-hybridized carbons (Fsp3) is 0.857. The Kier molecular flexibility index (Phi) is 5.10. The normalized spacial score (nSPS) is 19.7. The van der Waals surface area contributed by atoms with Gasteiger partial charge in [-0.15, -0.1) is 12.4 Å². The topological polar surface area (TPSA) is 17.1 Å². The average molecular weight is 183 g/mol. The van der Waals surface area contributed by atoms with E-state index < -0.39 is 0 Å². The monoisotopic (exact) mass is 182 g/mol. The third-order valence-corrected chi connectivity index (χ3v) is 2.23. The SMILES string of the molecule is Cl.O=C(Cl)C1CCCCC1. The van der Waals surface area contributed by atoms with E-state index in [9.17, 15) is 4.79 Å². The smallest absolute Gasteiger partial charge is 0.224 e. The summed E-state index contributed by atoms with van der Waals surface area (Å²) in [5, 5.41) is -0.130. The molecule has 0 N–H and O–H groups in total. The highest BCUT2D eigenvalue weighted by Crippen LogP contribution is 2.24. The Balaban J connectivity index is 0.000000810. The van der Waals surface area contributed by atoms with Gasteiger partial charge in [-0.05, 0) is 24.4 Å². The van der Waals surface area contributed by atoms with Crippen molar-refractivity contribution < 1.29 is 4.79 Å². The standard InChI is InChI=1S/C7H11ClO.ClH/c8-7(9)6-4-2-1-3-5-6;/h6H,1-5H2;1H. The van der Waals surface area contributed by atoms with Gasteiger partial charge >= 0.3 is 0 Å². The van der Waals surface area contributed by atoms with Crippen molar-refractivity contribution in [2.24, 2.45) is 5.92 Å². The molecule has 0 bridgehead atoms. The number of hydrogen-bond donors (Lipinski definition) is 0. The Morgan fingerprint density at radius 1 is 1.20 bits per heavy atom. The maximum atomic E-state index is 10.6. The minimum atomic E-state index is -0.130. The van der Waals surface area contributed by atoms with Gasteiger partial charge in [0.15, 0.2) is 0 Å². The number of hydrogen-bond acceptors (Lipinski definition) is 1. The van der Waals surface area contributed by atoms with Crippen LogP contribution in [0.3, 0.4) is 0 Å². The molecule has 1 rings (SSSR count). The summed E-state index contributed by atoms with van der Waals surface area (Å²) in [4.78, 5) is 10.6. The first kappa shape index (κ1) is 10.2.